The molecule has 0 saturated carbocycles. The smallest absolute Gasteiger partial charge is 0.0864 e. The van der Waals surface area contributed by atoms with Crippen molar-refractivity contribution in [2.24, 2.45) is 5.73 Å². The lowest BCUT2D eigenvalue weighted by Crippen LogP contribution is -2.07. The lowest BCUT2D eigenvalue weighted by Gasteiger charge is -2.10. The molecule has 0 unspecified atom stereocenters. The van der Waals surface area contributed by atoms with E-state index in [1.54, 1.807) is 10.9 Å². The van der Waals surface area contributed by atoms with Crippen LogP contribution < -0.4 is 5.73 Å². The van der Waals surface area contributed by atoms with E-state index in [0.29, 0.717) is 11.6 Å². The fourth-order valence-corrected chi connectivity index (χ4v) is 2.27. The topological polar surface area (TPSA) is 43.8 Å². The number of halogens is 2. The molecule has 84 valence electrons. The Kier molecular flexibility index (Phi) is 3.83. The van der Waals surface area contributed by atoms with Crippen molar-refractivity contribution in [2.45, 2.75) is 6.42 Å². The highest BCUT2D eigenvalue weighted by Gasteiger charge is 2.09. The van der Waals surface area contributed by atoms with Crippen LogP contribution in [-0.2, 0) is 6.42 Å². The van der Waals surface area contributed by atoms with Gasteiger partial charge in [-0.25, -0.2) is 4.68 Å². The Morgan fingerprint density at radius 3 is 2.88 bits per heavy atom. The van der Waals surface area contributed by atoms with E-state index in [-0.39, 0.29) is 0 Å². The highest BCUT2D eigenvalue weighted by molar-refractivity contribution is 14.1. The Balaban J connectivity index is 2.53. The van der Waals surface area contributed by atoms with Gasteiger partial charge < -0.3 is 5.73 Å². The fourth-order valence-electron chi connectivity index (χ4n) is 1.60. The van der Waals surface area contributed by atoms with Crippen molar-refractivity contribution in [3.8, 4) is 5.69 Å². The molecule has 5 heteroatoms. The van der Waals surface area contributed by atoms with Crippen LogP contribution in [-0.4, -0.2) is 16.3 Å². The third-order valence-corrected chi connectivity index (χ3v) is 3.13. The lowest BCUT2D eigenvalue weighted by molar-refractivity contribution is 0.851. The first kappa shape index (κ1) is 11.9. The van der Waals surface area contributed by atoms with Gasteiger partial charge in [0.05, 0.1) is 20.5 Å². The fraction of sp³-hybridized carbons (Fsp3) is 0.182. The molecule has 2 rings (SSSR count). The van der Waals surface area contributed by atoms with Crippen LogP contribution in [0, 0.1) is 3.57 Å². The van der Waals surface area contributed by atoms with Gasteiger partial charge in [-0.05, 0) is 47.2 Å². The van der Waals surface area contributed by atoms with Crippen molar-refractivity contribution >= 4 is 34.2 Å². The molecule has 0 spiro atoms. The Bertz CT molecular complexity index is 496. The van der Waals surface area contributed by atoms with Gasteiger partial charge in [-0.1, -0.05) is 23.7 Å². The van der Waals surface area contributed by atoms with Crippen LogP contribution in [0.4, 0.5) is 0 Å². The largest absolute Gasteiger partial charge is 0.330 e. The summed E-state index contributed by atoms with van der Waals surface area (Å²) in [5.41, 5.74) is 7.64. The first-order valence-electron chi connectivity index (χ1n) is 4.90. The summed E-state index contributed by atoms with van der Waals surface area (Å²) in [6.45, 7) is 0.603. The average Bonchev–Trinajstić information content (AvgIpc) is 2.65. The predicted octanol–water partition coefficient (Wildman–Crippen LogP) is 2.63. The van der Waals surface area contributed by atoms with Gasteiger partial charge in [0.2, 0.25) is 0 Å². The van der Waals surface area contributed by atoms with Gasteiger partial charge in [0, 0.05) is 6.20 Å². The summed E-state index contributed by atoms with van der Waals surface area (Å²) in [4.78, 5) is 0. The van der Waals surface area contributed by atoms with E-state index in [9.17, 15) is 0 Å². The van der Waals surface area contributed by atoms with E-state index in [2.05, 4.69) is 27.7 Å². The number of hydrogen-bond donors (Lipinski definition) is 1. The minimum atomic E-state index is 0.603. The Labute approximate surface area is 113 Å². The molecule has 3 nitrogen and oxygen atoms in total. The molecule has 0 atom stereocenters. The van der Waals surface area contributed by atoms with Gasteiger partial charge in [0.15, 0.2) is 0 Å². The highest BCUT2D eigenvalue weighted by Crippen LogP contribution is 2.24. The van der Waals surface area contributed by atoms with Crippen LogP contribution in [0.15, 0.2) is 30.6 Å². The average molecular weight is 348 g/mol. The van der Waals surface area contributed by atoms with E-state index in [4.69, 9.17) is 17.3 Å². The SMILES string of the molecule is NCCc1cccc(Cl)c1-n1cc(I)cn1. The standard InChI is InChI=1S/C11H11ClIN3/c12-10-3-1-2-8(4-5-14)11(10)16-7-9(13)6-15-16/h1-3,6-7H,4-5,14H2. The molecule has 1 aromatic heterocycles. The van der Waals surface area contributed by atoms with Crippen LogP contribution in [0.1, 0.15) is 5.56 Å². The molecule has 2 aromatic rings. The third kappa shape index (κ3) is 2.39. The predicted molar refractivity (Wildman–Crippen MR) is 74.0 cm³/mol. The van der Waals surface area contributed by atoms with Gasteiger partial charge in [0.25, 0.3) is 0 Å². The summed E-state index contributed by atoms with van der Waals surface area (Å²) in [5, 5.41) is 4.97. The maximum Gasteiger partial charge on any atom is 0.0864 e. The maximum atomic E-state index is 6.20. The van der Waals surface area contributed by atoms with Crippen molar-refractivity contribution < 1.29 is 0 Å². The van der Waals surface area contributed by atoms with Gasteiger partial charge >= 0.3 is 0 Å². The van der Waals surface area contributed by atoms with E-state index in [1.165, 1.54) is 0 Å². The minimum Gasteiger partial charge on any atom is -0.330 e. The van der Waals surface area contributed by atoms with Crippen molar-refractivity contribution in [1.29, 1.82) is 0 Å². The number of benzene rings is 1. The second-order valence-corrected chi connectivity index (χ2v) is 5.04. The minimum absolute atomic E-state index is 0.603. The number of nitrogens with zero attached hydrogens (tertiary/aromatic N) is 2. The molecule has 0 bridgehead atoms. The van der Waals surface area contributed by atoms with Gasteiger partial charge in [-0.3, -0.25) is 0 Å². The zero-order chi connectivity index (χ0) is 11.5. The highest BCUT2D eigenvalue weighted by atomic mass is 127. The molecule has 0 saturated heterocycles. The molecule has 0 aliphatic carbocycles. The van der Waals surface area contributed by atoms with Gasteiger partial charge in [-0.15, -0.1) is 0 Å². The quantitative estimate of drug-likeness (QED) is 0.868. The molecule has 0 fully saturated rings. The van der Waals surface area contributed by atoms with Crippen molar-refractivity contribution in [1.82, 2.24) is 9.78 Å². The molecule has 2 N–H and O–H groups in total. The summed E-state index contributed by atoms with van der Waals surface area (Å²) in [7, 11) is 0. The lowest BCUT2D eigenvalue weighted by atomic mass is 10.1. The van der Waals surface area contributed by atoms with E-state index in [1.807, 2.05) is 24.4 Å². The van der Waals surface area contributed by atoms with E-state index in [0.717, 1.165) is 21.2 Å². The first-order chi connectivity index (χ1) is 7.72. The molecular formula is C11H11ClIN3. The molecule has 0 amide bonds. The summed E-state index contributed by atoms with van der Waals surface area (Å²) in [5.74, 6) is 0. The first-order valence-corrected chi connectivity index (χ1v) is 6.36. The van der Waals surface area contributed by atoms with Crippen LogP contribution >= 0.6 is 34.2 Å². The molecule has 0 aliphatic heterocycles. The molecule has 1 aromatic carbocycles. The van der Waals surface area contributed by atoms with Crippen molar-refractivity contribution in [3.05, 3.63) is 44.7 Å². The Hall–Kier alpha value is -0.590. The number of para-hydroxylation sites is 1. The maximum absolute atomic E-state index is 6.20. The van der Waals surface area contributed by atoms with Crippen LogP contribution in [0.2, 0.25) is 5.02 Å². The van der Waals surface area contributed by atoms with Crippen LogP contribution in [0.25, 0.3) is 5.69 Å². The molecular weight excluding hydrogens is 336 g/mol. The second-order valence-electron chi connectivity index (χ2n) is 3.39. The molecule has 0 radical (unpaired) electrons. The monoisotopic (exact) mass is 347 g/mol. The Morgan fingerprint density at radius 2 is 2.25 bits per heavy atom. The molecule has 16 heavy (non-hydrogen) atoms. The van der Waals surface area contributed by atoms with Crippen LogP contribution in [0.5, 0.6) is 0 Å². The normalized spacial score (nSPS) is 10.7. The summed E-state index contributed by atoms with van der Waals surface area (Å²) >= 11 is 8.43. The summed E-state index contributed by atoms with van der Waals surface area (Å²) in [6, 6.07) is 5.83. The number of aromatic nitrogens is 2. The van der Waals surface area contributed by atoms with Crippen molar-refractivity contribution in [2.75, 3.05) is 6.54 Å². The van der Waals surface area contributed by atoms with E-state index >= 15 is 0 Å². The molecule has 1 heterocycles. The zero-order valence-corrected chi connectivity index (χ0v) is 11.4. The zero-order valence-electron chi connectivity index (χ0n) is 8.53. The third-order valence-electron chi connectivity index (χ3n) is 2.26. The molecule has 0 aliphatic rings. The number of rotatable bonds is 3. The second kappa shape index (κ2) is 5.16. The number of hydrogen-bond acceptors (Lipinski definition) is 2. The van der Waals surface area contributed by atoms with Gasteiger partial charge in [0.1, 0.15) is 0 Å². The number of nitrogens with two attached hydrogens (primary N) is 1. The van der Waals surface area contributed by atoms with Crippen molar-refractivity contribution in [3.63, 3.8) is 0 Å². The summed E-state index contributed by atoms with van der Waals surface area (Å²) < 4.78 is 2.88. The van der Waals surface area contributed by atoms with Crippen LogP contribution in [0.3, 0.4) is 0 Å². The van der Waals surface area contributed by atoms with Gasteiger partial charge in [-0.2, -0.15) is 5.10 Å². The Morgan fingerprint density at radius 1 is 1.44 bits per heavy atom. The van der Waals surface area contributed by atoms with E-state index < -0.39 is 0 Å². The summed E-state index contributed by atoms with van der Waals surface area (Å²) in [6.07, 6.45) is 4.55.